The van der Waals surface area contributed by atoms with E-state index in [0.717, 1.165) is 0 Å². The summed E-state index contributed by atoms with van der Waals surface area (Å²) in [6.45, 7) is 0.688. The van der Waals surface area contributed by atoms with Crippen LogP contribution in [0.15, 0.2) is 17.7 Å². The molecular formula is C15H17ClN2O4. The van der Waals surface area contributed by atoms with Crippen molar-refractivity contribution in [2.75, 3.05) is 34.5 Å². The minimum absolute atomic E-state index is 0.0422. The number of nitrogens with zero attached hydrogens (tertiary/aromatic N) is 1. The first-order chi connectivity index (χ1) is 10.6. The molecule has 0 atom stereocenters. The van der Waals surface area contributed by atoms with Crippen LogP contribution in [-0.4, -0.2) is 40.4 Å². The molecule has 0 aliphatic carbocycles. The van der Waals surface area contributed by atoms with Crippen LogP contribution in [0.3, 0.4) is 0 Å². The van der Waals surface area contributed by atoms with Crippen LogP contribution >= 0.6 is 11.6 Å². The molecule has 0 fully saturated rings. The highest BCUT2D eigenvalue weighted by atomic mass is 35.5. The first kappa shape index (κ1) is 17.8. The van der Waals surface area contributed by atoms with Crippen molar-refractivity contribution < 1.29 is 19.0 Å². The Kier molecular flexibility index (Phi) is 7.23. The van der Waals surface area contributed by atoms with Gasteiger partial charge in [0.1, 0.15) is 11.6 Å². The molecule has 1 rings (SSSR count). The molecule has 0 aliphatic heterocycles. The molecular weight excluding hydrogens is 308 g/mol. The topological polar surface area (TPSA) is 80.6 Å². The summed E-state index contributed by atoms with van der Waals surface area (Å²) in [6, 6.07) is 5.07. The molecule has 6 nitrogen and oxygen atoms in total. The van der Waals surface area contributed by atoms with Gasteiger partial charge in [-0.3, -0.25) is 4.79 Å². The Bertz CT molecular complexity index is 608. The number of methoxy groups -OCH3 is 3. The highest BCUT2D eigenvalue weighted by molar-refractivity contribution is 6.32. The van der Waals surface area contributed by atoms with Crippen LogP contribution in [0.25, 0.3) is 6.08 Å². The number of benzene rings is 1. The second kappa shape index (κ2) is 8.93. The van der Waals surface area contributed by atoms with Gasteiger partial charge in [0.25, 0.3) is 5.91 Å². The first-order valence-corrected chi connectivity index (χ1v) is 6.75. The van der Waals surface area contributed by atoms with Crippen molar-refractivity contribution in [1.29, 1.82) is 5.26 Å². The summed E-state index contributed by atoms with van der Waals surface area (Å²) in [5.74, 6) is 0.327. The second-order valence-corrected chi connectivity index (χ2v) is 4.56. The van der Waals surface area contributed by atoms with Crippen LogP contribution in [0.2, 0.25) is 5.02 Å². The third-order valence-electron chi connectivity index (χ3n) is 2.72. The second-order valence-electron chi connectivity index (χ2n) is 4.16. The molecule has 1 aromatic carbocycles. The number of hydrogen-bond donors (Lipinski definition) is 1. The minimum Gasteiger partial charge on any atom is -0.493 e. The molecule has 118 valence electrons. The SMILES string of the molecule is COCCNC(=O)/C(C#N)=C/c1cc(Cl)c(OC)c(OC)c1. The fraction of sp³-hybridized carbons (Fsp3) is 0.333. The third kappa shape index (κ3) is 4.65. The number of ether oxygens (including phenoxy) is 3. The van der Waals surface area contributed by atoms with E-state index < -0.39 is 5.91 Å². The maximum Gasteiger partial charge on any atom is 0.262 e. The number of carbonyl (C=O) groups is 1. The van der Waals surface area contributed by atoms with Crippen molar-refractivity contribution >= 4 is 23.6 Å². The van der Waals surface area contributed by atoms with E-state index in [9.17, 15) is 4.79 Å². The van der Waals surface area contributed by atoms with E-state index >= 15 is 0 Å². The lowest BCUT2D eigenvalue weighted by molar-refractivity contribution is -0.117. The summed E-state index contributed by atoms with van der Waals surface area (Å²) in [5.41, 5.74) is 0.514. The van der Waals surface area contributed by atoms with Crippen LogP contribution in [0.5, 0.6) is 11.5 Å². The minimum atomic E-state index is -0.481. The average molecular weight is 325 g/mol. The van der Waals surface area contributed by atoms with E-state index in [1.54, 1.807) is 12.1 Å². The van der Waals surface area contributed by atoms with E-state index in [1.807, 2.05) is 6.07 Å². The molecule has 0 aromatic heterocycles. The molecule has 1 aromatic rings. The third-order valence-corrected chi connectivity index (χ3v) is 3.00. The standard InChI is InChI=1S/C15H17ClN2O4/c1-20-5-4-18-15(19)11(9-17)6-10-7-12(16)14(22-3)13(8-10)21-2/h6-8H,4-5H2,1-3H3,(H,18,19)/b11-6+. The van der Waals surface area contributed by atoms with Crippen LogP contribution in [0.1, 0.15) is 5.56 Å². The van der Waals surface area contributed by atoms with Crippen molar-refractivity contribution in [2.45, 2.75) is 0 Å². The molecule has 0 aliphatic rings. The summed E-state index contributed by atoms with van der Waals surface area (Å²) in [6.07, 6.45) is 1.43. The Balaban J connectivity index is 3.06. The average Bonchev–Trinajstić information content (AvgIpc) is 2.51. The number of halogens is 1. The number of amides is 1. The molecule has 0 bridgehead atoms. The van der Waals surface area contributed by atoms with Crippen LogP contribution in [-0.2, 0) is 9.53 Å². The van der Waals surface area contributed by atoms with Gasteiger partial charge in [0.15, 0.2) is 11.5 Å². The maximum absolute atomic E-state index is 11.9. The highest BCUT2D eigenvalue weighted by Gasteiger charge is 2.13. The summed E-state index contributed by atoms with van der Waals surface area (Å²) in [5, 5.41) is 12.0. The Labute approximate surface area is 134 Å². The molecule has 7 heteroatoms. The number of nitrogens with one attached hydrogen (secondary N) is 1. The molecule has 0 heterocycles. The van der Waals surface area contributed by atoms with Crippen LogP contribution in [0.4, 0.5) is 0 Å². The van der Waals surface area contributed by atoms with Gasteiger partial charge in [-0.1, -0.05) is 11.6 Å². The van der Waals surface area contributed by atoms with Crippen molar-refractivity contribution in [3.63, 3.8) is 0 Å². The molecule has 0 saturated carbocycles. The predicted octanol–water partition coefficient (Wildman–Crippen LogP) is 2.03. The van der Waals surface area contributed by atoms with Gasteiger partial charge in [-0.05, 0) is 23.8 Å². The summed E-state index contributed by atoms with van der Waals surface area (Å²) in [7, 11) is 4.48. The fourth-order valence-corrected chi connectivity index (χ4v) is 1.99. The quantitative estimate of drug-likeness (QED) is 0.471. The Morgan fingerprint density at radius 3 is 2.64 bits per heavy atom. The van der Waals surface area contributed by atoms with Crippen molar-refractivity contribution in [1.82, 2.24) is 5.32 Å². The lowest BCUT2D eigenvalue weighted by Gasteiger charge is -2.10. The van der Waals surface area contributed by atoms with Crippen LogP contribution in [0, 0.1) is 11.3 Å². The highest BCUT2D eigenvalue weighted by Crippen LogP contribution is 2.36. The van der Waals surface area contributed by atoms with E-state index in [2.05, 4.69) is 5.32 Å². The predicted molar refractivity (Wildman–Crippen MR) is 83.0 cm³/mol. The maximum atomic E-state index is 11.9. The number of rotatable bonds is 7. The number of hydrogen-bond acceptors (Lipinski definition) is 5. The lowest BCUT2D eigenvalue weighted by atomic mass is 10.1. The zero-order chi connectivity index (χ0) is 16.5. The monoisotopic (exact) mass is 324 g/mol. The van der Waals surface area contributed by atoms with E-state index in [4.69, 9.17) is 31.1 Å². The van der Waals surface area contributed by atoms with Gasteiger partial charge in [-0.2, -0.15) is 5.26 Å². The zero-order valence-electron chi connectivity index (χ0n) is 12.6. The molecule has 1 amide bonds. The zero-order valence-corrected chi connectivity index (χ0v) is 13.4. The fourth-order valence-electron chi connectivity index (χ4n) is 1.70. The Morgan fingerprint density at radius 1 is 1.36 bits per heavy atom. The van der Waals surface area contributed by atoms with Crippen molar-refractivity contribution in [3.05, 3.63) is 28.3 Å². The first-order valence-electron chi connectivity index (χ1n) is 6.37. The Morgan fingerprint density at radius 2 is 2.09 bits per heavy atom. The lowest BCUT2D eigenvalue weighted by Crippen LogP contribution is -2.27. The van der Waals surface area contributed by atoms with Gasteiger partial charge < -0.3 is 19.5 Å². The Hall–Kier alpha value is -2.23. The number of carbonyl (C=O) groups excluding carboxylic acids is 1. The molecule has 0 saturated heterocycles. The normalized spacial score (nSPS) is 10.8. The van der Waals surface area contributed by atoms with Gasteiger partial charge in [0.05, 0.1) is 25.8 Å². The van der Waals surface area contributed by atoms with E-state index in [0.29, 0.717) is 35.2 Å². The molecule has 22 heavy (non-hydrogen) atoms. The molecule has 0 radical (unpaired) electrons. The van der Waals surface area contributed by atoms with Crippen LogP contribution < -0.4 is 14.8 Å². The van der Waals surface area contributed by atoms with Crippen molar-refractivity contribution in [2.24, 2.45) is 0 Å². The molecule has 0 spiro atoms. The summed E-state index contributed by atoms with van der Waals surface area (Å²) in [4.78, 5) is 11.9. The van der Waals surface area contributed by atoms with Gasteiger partial charge in [-0.15, -0.1) is 0 Å². The van der Waals surface area contributed by atoms with Gasteiger partial charge in [0.2, 0.25) is 0 Å². The number of nitriles is 1. The smallest absolute Gasteiger partial charge is 0.262 e. The largest absolute Gasteiger partial charge is 0.493 e. The van der Waals surface area contributed by atoms with Gasteiger partial charge in [0, 0.05) is 13.7 Å². The van der Waals surface area contributed by atoms with E-state index in [1.165, 1.54) is 27.4 Å². The molecule has 0 unspecified atom stereocenters. The molecule has 1 N–H and O–H groups in total. The summed E-state index contributed by atoms with van der Waals surface area (Å²) < 4.78 is 15.1. The van der Waals surface area contributed by atoms with E-state index in [-0.39, 0.29) is 5.57 Å². The summed E-state index contributed by atoms with van der Waals surface area (Å²) >= 11 is 6.09. The van der Waals surface area contributed by atoms with Gasteiger partial charge in [-0.25, -0.2) is 0 Å². The van der Waals surface area contributed by atoms with Gasteiger partial charge >= 0.3 is 0 Å². The van der Waals surface area contributed by atoms with Crippen molar-refractivity contribution in [3.8, 4) is 17.6 Å².